The quantitative estimate of drug-likeness (QED) is 0.932. The van der Waals surface area contributed by atoms with E-state index in [1.807, 2.05) is 12.3 Å². The number of ether oxygens (including phenoxy) is 1. The summed E-state index contributed by atoms with van der Waals surface area (Å²) in [6.07, 6.45) is 5.45. The number of amides is 1. The van der Waals surface area contributed by atoms with Gasteiger partial charge in [0.2, 0.25) is 5.91 Å². The number of carbonyl (C=O) groups is 1. The Labute approximate surface area is 148 Å². The molecule has 1 aromatic heterocycles. The Morgan fingerprint density at radius 1 is 1.28 bits per heavy atom. The molecule has 0 aliphatic carbocycles. The Morgan fingerprint density at radius 2 is 2.16 bits per heavy atom. The third kappa shape index (κ3) is 3.72. The van der Waals surface area contributed by atoms with Gasteiger partial charge in [0.1, 0.15) is 0 Å². The Hall–Kier alpha value is -2.24. The van der Waals surface area contributed by atoms with Gasteiger partial charge in [0, 0.05) is 32.4 Å². The molecule has 25 heavy (non-hydrogen) atoms. The number of anilines is 1. The maximum absolute atomic E-state index is 12.4. The fraction of sp³-hybridized carbons (Fsp3) is 0.400. The van der Waals surface area contributed by atoms with E-state index in [9.17, 15) is 4.79 Å². The lowest BCUT2D eigenvalue weighted by molar-refractivity contribution is -0.119. The first-order valence-corrected chi connectivity index (χ1v) is 8.90. The molecule has 0 radical (unpaired) electrons. The van der Waals surface area contributed by atoms with E-state index in [2.05, 4.69) is 39.5 Å². The number of hydrogen-bond donors (Lipinski definition) is 1. The van der Waals surface area contributed by atoms with Gasteiger partial charge in [0.15, 0.2) is 0 Å². The van der Waals surface area contributed by atoms with E-state index in [1.54, 1.807) is 6.20 Å². The average Bonchev–Trinajstić information content (AvgIpc) is 3.17. The number of nitrogens with zero attached hydrogens (tertiary/aromatic N) is 2. The minimum absolute atomic E-state index is 0.0333. The van der Waals surface area contributed by atoms with Crippen LogP contribution in [0.4, 0.5) is 5.69 Å². The summed E-state index contributed by atoms with van der Waals surface area (Å²) in [6.45, 7) is 4.00. The fourth-order valence-electron chi connectivity index (χ4n) is 3.61. The van der Waals surface area contributed by atoms with Gasteiger partial charge in [-0.3, -0.25) is 14.7 Å². The SMILES string of the molecule is O=C(Nc1cncc2c1CCN(Cc1ccccc1)C2)C1CCOC1. The molecule has 1 aromatic carbocycles. The van der Waals surface area contributed by atoms with E-state index >= 15 is 0 Å². The van der Waals surface area contributed by atoms with Crippen molar-refractivity contribution in [3.63, 3.8) is 0 Å². The van der Waals surface area contributed by atoms with Crippen LogP contribution in [-0.4, -0.2) is 35.5 Å². The van der Waals surface area contributed by atoms with Crippen molar-refractivity contribution in [1.29, 1.82) is 0 Å². The van der Waals surface area contributed by atoms with E-state index < -0.39 is 0 Å². The van der Waals surface area contributed by atoms with Crippen molar-refractivity contribution >= 4 is 11.6 Å². The normalized spacial score (nSPS) is 20.2. The van der Waals surface area contributed by atoms with E-state index in [0.29, 0.717) is 13.2 Å². The van der Waals surface area contributed by atoms with Gasteiger partial charge >= 0.3 is 0 Å². The Bertz CT molecular complexity index is 742. The van der Waals surface area contributed by atoms with Gasteiger partial charge in [0.25, 0.3) is 0 Å². The van der Waals surface area contributed by atoms with E-state index in [4.69, 9.17) is 4.74 Å². The highest BCUT2D eigenvalue weighted by Gasteiger charge is 2.25. The maximum atomic E-state index is 12.4. The summed E-state index contributed by atoms with van der Waals surface area (Å²) in [5, 5.41) is 3.08. The van der Waals surface area contributed by atoms with Crippen molar-refractivity contribution in [3.8, 4) is 0 Å². The number of nitrogens with one attached hydrogen (secondary N) is 1. The van der Waals surface area contributed by atoms with Crippen LogP contribution in [0.25, 0.3) is 0 Å². The van der Waals surface area contributed by atoms with Crippen LogP contribution in [0.2, 0.25) is 0 Å². The van der Waals surface area contributed by atoms with Crippen molar-refractivity contribution in [2.75, 3.05) is 25.1 Å². The molecule has 0 spiro atoms. The molecule has 1 atom stereocenters. The van der Waals surface area contributed by atoms with Gasteiger partial charge in [-0.05, 0) is 29.5 Å². The molecule has 3 heterocycles. The number of rotatable bonds is 4. The van der Waals surface area contributed by atoms with Gasteiger partial charge in [-0.2, -0.15) is 0 Å². The highest BCUT2D eigenvalue weighted by atomic mass is 16.5. The third-order valence-electron chi connectivity index (χ3n) is 5.03. The minimum atomic E-state index is -0.0333. The zero-order valence-corrected chi connectivity index (χ0v) is 14.3. The van der Waals surface area contributed by atoms with Gasteiger partial charge in [-0.25, -0.2) is 0 Å². The van der Waals surface area contributed by atoms with Crippen LogP contribution in [0.1, 0.15) is 23.1 Å². The molecule has 130 valence electrons. The predicted octanol–water partition coefficient (Wildman–Crippen LogP) is 2.61. The lowest BCUT2D eigenvalue weighted by Crippen LogP contribution is -2.31. The average molecular weight is 337 g/mol. The van der Waals surface area contributed by atoms with Gasteiger partial charge in [-0.1, -0.05) is 30.3 Å². The fourth-order valence-corrected chi connectivity index (χ4v) is 3.61. The number of pyridine rings is 1. The second kappa shape index (κ2) is 7.33. The van der Waals surface area contributed by atoms with Crippen LogP contribution < -0.4 is 5.32 Å². The summed E-state index contributed by atoms with van der Waals surface area (Å²) >= 11 is 0. The van der Waals surface area contributed by atoms with Crippen LogP contribution in [0.5, 0.6) is 0 Å². The molecule has 2 aliphatic heterocycles. The molecule has 5 heteroatoms. The first-order valence-electron chi connectivity index (χ1n) is 8.90. The number of fused-ring (bicyclic) bond motifs is 1. The summed E-state index contributed by atoms with van der Waals surface area (Å²) in [7, 11) is 0. The molecule has 1 saturated heterocycles. The molecule has 2 aromatic rings. The van der Waals surface area contributed by atoms with E-state index in [1.165, 1.54) is 16.7 Å². The topological polar surface area (TPSA) is 54.5 Å². The second-order valence-corrected chi connectivity index (χ2v) is 6.82. The molecule has 1 amide bonds. The molecule has 1 fully saturated rings. The Balaban J connectivity index is 1.45. The third-order valence-corrected chi connectivity index (χ3v) is 5.03. The first-order chi connectivity index (χ1) is 12.3. The molecule has 0 bridgehead atoms. The lowest BCUT2D eigenvalue weighted by atomic mass is 9.99. The first kappa shape index (κ1) is 16.2. The predicted molar refractivity (Wildman–Crippen MR) is 96.1 cm³/mol. The van der Waals surface area contributed by atoms with E-state index in [-0.39, 0.29) is 11.8 Å². The second-order valence-electron chi connectivity index (χ2n) is 6.82. The highest BCUT2D eigenvalue weighted by molar-refractivity contribution is 5.93. The molecule has 0 saturated carbocycles. The summed E-state index contributed by atoms with van der Waals surface area (Å²) in [5.41, 5.74) is 4.63. The van der Waals surface area contributed by atoms with Crippen molar-refractivity contribution in [2.45, 2.75) is 25.9 Å². The smallest absolute Gasteiger partial charge is 0.229 e. The summed E-state index contributed by atoms with van der Waals surface area (Å²) in [6, 6.07) is 10.5. The summed E-state index contributed by atoms with van der Waals surface area (Å²) in [4.78, 5) is 19.1. The molecule has 1 unspecified atom stereocenters. The van der Waals surface area contributed by atoms with Gasteiger partial charge in [0.05, 0.1) is 24.4 Å². The summed E-state index contributed by atoms with van der Waals surface area (Å²) in [5.74, 6) is 0.0217. The Morgan fingerprint density at radius 3 is 2.96 bits per heavy atom. The molecular formula is C20H23N3O2. The molecule has 5 nitrogen and oxygen atoms in total. The largest absolute Gasteiger partial charge is 0.381 e. The zero-order valence-electron chi connectivity index (χ0n) is 14.3. The van der Waals surface area contributed by atoms with Crippen LogP contribution in [0.3, 0.4) is 0 Å². The maximum Gasteiger partial charge on any atom is 0.229 e. The van der Waals surface area contributed by atoms with Crippen LogP contribution >= 0.6 is 0 Å². The van der Waals surface area contributed by atoms with Crippen LogP contribution in [-0.2, 0) is 29.0 Å². The standard InChI is InChI=1S/C20H23N3O2/c24-20(16-7-9-25-14-16)22-19-11-21-10-17-13-23(8-6-18(17)19)12-15-4-2-1-3-5-15/h1-5,10-11,16H,6-9,12-14H2,(H,22,24). The van der Waals surface area contributed by atoms with Gasteiger partial charge < -0.3 is 10.1 Å². The van der Waals surface area contributed by atoms with Crippen LogP contribution in [0, 0.1) is 5.92 Å². The highest BCUT2D eigenvalue weighted by Crippen LogP contribution is 2.27. The molecular weight excluding hydrogens is 314 g/mol. The number of hydrogen-bond acceptors (Lipinski definition) is 4. The number of carbonyl (C=O) groups excluding carboxylic acids is 1. The van der Waals surface area contributed by atoms with Crippen LogP contribution in [0.15, 0.2) is 42.7 Å². The molecule has 4 rings (SSSR count). The van der Waals surface area contributed by atoms with E-state index in [0.717, 1.165) is 38.2 Å². The lowest BCUT2D eigenvalue weighted by Gasteiger charge is -2.30. The summed E-state index contributed by atoms with van der Waals surface area (Å²) < 4.78 is 5.32. The monoisotopic (exact) mass is 337 g/mol. The Kier molecular flexibility index (Phi) is 4.76. The molecule has 2 aliphatic rings. The van der Waals surface area contributed by atoms with Crippen molar-refractivity contribution in [3.05, 3.63) is 59.4 Å². The number of aromatic nitrogens is 1. The molecule has 1 N–H and O–H groups in total. The number of benzene rings is 1. The minimum Gasteiger partial charge on any atom is -0.381 e. The zero-order chi connectivity index (χ0) is 17.1. The van der Waals surface area contributed by atoms with Crippen molar-refractivity contribution < 1.29 is 9.53 Å². The van der Waals surface area contributed by atoms with Crippen molar-refractivity contribution in [2.24, 2.45) is 5.92 Å². The van der Waals surface area contributed by atoms with Gasteiger partial charge in [-0.15, -0.1) is 0 Å². The van der Waals surface area contributed by atoms with Crippen molar-refractivity contribution in [1.82, 2.24) is 9.88 Å².